The van der Waals surface area contributed by atoms with Crippen LogP contribution in [0.4, 0.5) is 0 Å². The standard InChI is InChI=1S/C9H9.Na.H2O3S2/c1-2-6-9-7-4-3-5-8-9;;1-5(2,3)4/h2-8H,1H2;;(H2,1,2,3,4). The van der Waals surface area contributed by atoms with E-state index in [1.54, 1.807) is 0 Å². The van der Waals surface area contributed by atoms with Crippen LogP contribution >= 0.6 is 0 Å². The first kappa shape index (κ1) is 15.2. The van der Waals surface area contributed by atoms with Gasteiger partial charge < -0.3 is 0 Å². The van der Waals surface area contributed by atoms with E-state index < -0.39 is 9.05 Å². The van der Waals surface area contributed by atoms with E-state index in [1.807, 2.05) is 12.1 Å². The van der Waals surface area contributed by atoms with Crippen molar-refractivity contribution in [3.8, 4) is 0 Å². The molecule has 0 amide bonds. The Hall–Kier alpha value is 0.250. The van der Waals surface area contributed by atoms with Crippen molar-refractivity contribution in [3.63, 3.8) is 0 Å². The van der Waals surface area contributed by atoms with Gasteiger partial charge in [0, 0.05) is 11.2 Å². The third kappa shape index (κ3) is 10.5. The Morgan fingerprint density at radius 1 is 1.40 bits per heavy atom. The van der Waals surface area contributed by atoms with Crippen LogP contribution in [0.1, 0.15) is 8.73 Å². The zero-order chi connectivity index (χ0) is 11.9. The van der Waals surface area contributed by atoms with Crippen molar-refractivity contribution >= 4 is 48.2 Å². The molecule has 2 N–H and O–H groups in total. The van der Waals surface area contributed by atoms with E-state index in [9.17, 15) is 0 Å². The Morgan fingerprint density at radius 3 is 2.13 bits per heavy atom. The van der Waals surface area contributed by atoms with Gasteiger partial charge in [0.25, 0.3) is 9.05 Å². The molecule has 78 valence electrons. The van der Waals surface area contributed by atoms with Crippen molar-refractivity contribution in [2.24, 2.45) is 0 Å². The minimum absolute atomic E-state index is 0.612. The third-order valence-corrected chi connectivity index (χ3v) is 2.82. The maximum Gasteiger partial charge on any atom is 0.263 e. The molecule has 3 nitrogen and oxygen atoms in total. The van der Waals surface area contributed by atoms with Crippen molar-refractivity contribution in [1.82, 2.24) is 0 Å². The maximum atomic E-state index is 9.11. The maximum absolute atomic E-state index is 9.11. The topological polar surface area (TPSA) is 57.5 Å². The molecule has 0 aliphatic heterocycles. The monoisotopic (exact) mass is 254 g/mol. The van der Waals surface area contributed by atoms with Crippen molar-refractivity contribution < 1.29 is 13.3 Å². The quantitative estimate of drug-likeness (QED) is 0.623. The van der Waals surface area contributed by atoms with Gasteiger partial charge in [-0.2, -0.15) is 4.21 Å². The van der Waals surface area contributed by atoms with E-state index in [4.69, 9.17) is 13.3 Å². The van der Waals surface area contributed by atoms with Gasteiger partial charge in [-0.1, -0.05) is 0 Å². The molecule has 1 aromatic carbocycles. The summed E-state index contributed by atoms with van der Waals surface area (Å²) in [5, 5.41) is 0. The van der Waals surface area contributed by atoms with Crippen LogP contribution in [-0.2, 0) is 20.2 Å². The minimum atomic E-state index is -3.83. The number of rotatable bonds is 2. The largest absolute Gasteiger partial charge is 0.285 e. The fourth-order valence-corrected chi connectivity index (χ4v) is 1.28. The van der Waals surface area contributed by atoms with E-state index in [2.05, 4.69) is 42.0 Å². The summed E-state index contributed by atoms with van der Waals surface area (Å²) in [4.78, 5) is 0. The number of allylic oxidation sites excluding steroid dienone is 1. The first-order valence-electron chi connectivity index (χ1n) is 4.22. The van der Waals surface area contributed by atoms with Crippen molar-refractivity contribution in [2.45, 2.75) is 3.17 Å². The molecule has 0 bridgehead atoms. The van der Waals surface area contributed by atoms with Gasteiger partial charge in [-0.15, -0.1) is 0 Å². The normalized spacial score (nSPS) is 12.3. The Balaban J connectivity index is 0.000000336. The van der Waals surface area contributed by atoms with Gasteiger partial charge in [-0.25, -0.2) is 0 Å². The summed E-state index contributed by atoms with van der Waals surface area (Å²) in [5.41, 5.74) is 1.39. The summed E-state index contributed by atoms with van der Waals surface area (Å²) in [7, 11) is -3.83. The summed E-state index contributed by atoms with van der Waals surface area (Å²) >= 11 is 4.62. The predicted molar refractivity (Wildman–Crippen MR) is 65.9 cm³/mol. The van der Waals surface area contributed by atoms with E-state index in [0.717, 1.165) is 27.9 Å². The molecular weight excluding hydrogens is 243 g/mol. The van der Waals surface area contributed by atoms with Crippen LogP contribution in [0, 0.1) is 0 Å². The zero-order valence-electron chi connectivity index (χ0n) is 8.37. The van der Waals surface area contributed by atoms with Crippen LogP contribution in [-0.4, -0.2) is 41.2 Å². The Labute approximate surface area is 112 Å². The molecule has 0 aromatic heterocycles. The number of hydrogen-bond donors (Lipinski definition) is 2. The SMILES string of the molecule is C=C[CH]([Na])c1ccccc1.O=S(O)(O)=S. The van der Waals surface area contributed by atoms with Gasteiger partial charge in [-0.05, 0) is 0 Å². The summed E-state index contributed by atoms with van der Waals surface area (Å²) in [6.07, 6.45) is 2.02. The molecule has 0 heterocycles. The van der Waals surface area contributed by atoms with Crippen LogP contribution in [0.5, 0.6) is 0 Å². The molecule has 0 fully saturated rings. The smallest absolute Gasteiger partial charge is 0.263 e. The summed E-state index contributed by atoms with van der Waals surface area (Å²) in [5.74, 6) is 0. The Morgan fingerprint density at radius 2 is 1.80 bits per heavy atom. The Bertz CT molecular complexity index is 381. The molecule has 0 aliphatic carbocycles. The first-order chi connectivity index (χ1) is 6.84. The molecule has 0 spiro atoms. The van der Waals surface area contributed by atoms with E-state index in [1.165, 1.54) is 5.56 Å². The van der Waals surface area contributed by atoms with Gasteiger partial charge in [0.05, 0.1) is 0 Å². The summed E-state index contributed by atoms with van der Waals surface area (Å²) in [6.45, 7) is 3.77. The summed E-state index contributed by atoms with van der Waals surface area (Å²) < 4.78 is 24.6. The van der Waals surface area contributed by atoms with Crippen molar-refractivity contribution in [1.29, 1.82) is 0 Å². The van der Waals surface area contributed by atoms with Crippen molar-refractivity contribution in [2.75, 3.05) is 0 Å². The molecule has 0 radical (unpaired) electrons. The molecule has 1 rings (SSSR count). The van der Waals surface area contributed by atoms with Gasteiger partial charge in [0.15, 0.2) is 0 Å². The van der Waals surface area contributed by atoms with Crippen molar-refractivity contribution in [3.05, 3.63) is 48.6 Å². The molecule has 0 aliphatic rings. The fourth-order valence-electron chi connectivity index (χ4n) is 0.893. The predicted octanol–water partition coefficient (Wildman–Crippen LogP) is 1.76. The minimum Gasteiger partial charge on any atom is -0.285 e. The second kappa shape index (κ2) is 7.51. The van der Waals surface area contributed by atoms with E-state index >= 15 is 0 Å². The van der Waals surface area contributed by atoms with Crippen LogP contribution in [0.3, 0.4) is 0 Å². The average molecular weight is 254 g/mol. The number of benzene rings is 1. The van der Waals surface area contributed by atoms with Crippen LogP contribution in [0.25, 0.3) is 0 Å². The molecule has 1 atom stereocenters. The van der Waals surface area contributed by atoms with Gasteiger partial charge in [-0.3, -0.25) is 9.11 Å². The van der Waals surface area contributed by atoms with Crippen LogP contribution in [0.2, 0.25) is 0 Å². The second-order valence-corrected chi connectivity index (χ2v) is 6.33. The molecular formula is C9H11NaO3S2. The first-order valence-corrected chi connectivity index (χ1v) is 7.77. The zero-order valence-corrected chi connectivity index (χ0v) is 12.0. The van der Waals surface area contributed by atoms with Gasteiger partial charge >= 0.3 is 79.6 Å². The molecule has 0 saturated heterocycles. The number of hydrogen-bond acceptors (Lipinski definition) is 2. The van der Waals surface area contributed by atoms with Crippen LogP contribution in [0.15, 0.2) is 43.0 Å². The molecule has 0 saturated carbocycles. The molecule has 15 heavy (non-hydrogen) atoms. The summed E-state index contributed by atoms with van der Waals surface area (Å²) in [6, 6.07) is 10.5. The molecule has 1 aromatic rings. The molecule has 6 heteroatoms. The van der Waals surface area contributed by atoms with Gasteiger partial charge in [0.2, 0.25) is 0 Å². The van der Waals surface area contributed by atoms with Gasteiger partial charge in [0.1, 0.15) is 0 Å². The third-order valence-electron chi connectivity index (χ3n) is 1.68. The fraction of sp³-hybridized carbons (Fsp3) is 0.111. The Kier molecular flexibility index (Phi) is 7.64. The molecule has 1 unspecified atom stereocenters. The van der Waals surface area contributed by atoms with Crippen LogP contribution < -0.4 is 0 Å². The van der Waals surface area contributed by atoms with E-state index in [0.29, 0.717) is 3.17 Å². The second-order valence-electron chi connectivity index (χ2n) is 2.88. The van der Waals surface area contributed by atoms with E-state index in [-0.39, 0.29) is 0 Å². The average Bonchev–Trinajstić information content (AvgIpc) is 2.15.